The Morgan fingerprint density at radius 3 is 2.49 bits per heavy atom. The molecule has 9 N–H and O–H groups in total. The molecule has 2 aliphatic heterocycles. The molecule has 2 heterocycles. The molecule has 0 aromatic rings. The zero-order chi connectivity index (χ0) is 26.6. The van der Waals surface area contributed by atoms with E-state index < -0.39 is 77.6 Å². The summed E-state index contributed by atoms with van der Waals surface area (Å²) < 4.78 is 41.2. The molecule has 2 rings (SSSR count). The molecule has 17 nitrogen and oxygen atoms in total. The van der Waals surface area contributed by atoms with Crippen molar-refractivity contribution in [3.05, 3.63) is 23.9 Å². The number of aldehydes is 1. The van der Waals surface area contributed by atoms with Crippen molar-refractivity contribution >= 4 is 27.8 Å². The van der Waals surface area contributed by atoms with E-state index in [1.54, 1.807) is 6.08 Å². The van der Waals surface area contributed by atoms with Crippen molar-refractivity contribution in [3.8, 4) is 0 Å². The van der Waals surface area contributed by atoms with Gasteiger partial charge in [-0.1, -0.05) is 12.2 Å². The van der Waals surface area contributed by atoms with Crippen LogP contribution in [0.25, 0.3) is 0 Å². The molecule has 1 amide bonds. The smallest absolute Gasteiger partial charge is 0.387 e. The van der Waals surface area contributed by atoms with Crippen LogP contribution in [0.4, 0.5) is 0 Å². The Kier molecular flexibility index (Phi) is 10.3. The number of aliphatic hydroxyl groups is 4. The fourth-order valence-electron chi connectivity index (χ4n) is 3.13. The van der Waals surface area contributed by atoms with Crippen LogP contribution >= 0.6 is 15.6 Å². The normalized spacial score (nSPS) is 29.2. The molecule has 35 heavy (non-hydrogen) atoms. The summed E-state index contributed by atoms with van der Waals surface area (Å²) in [6.07, 6.45) is -7.16. The Hall–Kier alpha value is -1.56. The van der Waals surface area contributed by atoms with E-state index in [4.69, 9.17) is 25.0 Å². The van der Waals surface area contributed by atoms with E-state index in [1.807, 2.05) is 0 Å². The number of carbonyl (C=O) groups excluding carboxylic acids is 2. The van der Waals surface area contributed by atoms with Crippen LogP contribution in [0.3, 0.4) is 0 Å². The Morgan fingerprint density at radius 1 is 1.26 bits per heavy atom. The highest BCUT2D eigenvalue weighted by molar-refractivity contribution is 7.60. The second kappa shape index (κ2) is 12.1. The van der Waals surface area contributed by atoms with Crippen molar-refractivity contribution in [1.29, 1.82) is 0 Å². The summed E-state index contributed by atoms with van der Waals surface area (Å²) in [5, 5.41) is 40.3. The van der Waals surface area contributed by atoms with Crippen molar-refractivity contribution in [3.63, 3.8) is 0 Å². The molecule has 8 atom stereocenters. The highest BCUT2D eigenvalue weighted by atomic mass is 31.3. The Bertz CT molecular complexity index is 923. The first kappa shape index (κ1) is 29.7. The summed E-state index contributed by atoms with van der Waals surface area (Å²) in [4.78, 5) is 50.2. The first-order chi connectivity index (χ1) is 16.1. The van der Waals surface area contributed by atoms with Gasteiger partial charge in [0, 0.05) is 12.7 Å². The van der Waals surface area contributed by atoms with Gasteiger partial charge in [-0.2, -0.15) is 4.31 Å². The van der Waals surface area contributed by atoms with Crippen LogP contribution in [-0.2, 0) is 37.0 Å². The van der Waals surface area contributed by atoms with Gasteiger partial charge in [-0.15, -0.1) is 0 Å². The summed E-state index contributed by atoms with van der Waals surface area (Å²) in [7, 11) is -10.8. The Balaban J connectivity index is 2.07. The first-order valence-corrected chi connectivity index (χ1v) is 12.8. The molecule has 8 unspecified atom stereocenters. The summed E-state index contributed by atoms with van der Waals surface area (Å²) in [5.74, 6) is -0.742. The minimum Gasteiger partial charge on any atom is -0.387 e. The molecular formula is C16H26N2O15P2. The van der Waals surface area contributed by atoms with E-state index in [2.05, 4.69) is 8.83 Å². The molecule has 1 saturated heterocycles. The minimum absolute atomic E-state index is 0.0844. The number of aliphatic hydroxyl groups excluding tert-OH is 4. The molecule has 0 aromatic heterocycles. The number of nitrogens with two attached hydrogens (primary N) is 1. The fourth-order valence-corrected chi connectivity index (χ4v) is 4.73. The number of rotatable bonds is 13. The monoisotopic (exact) mass is 548 g/mol. The van der Waals surface area contributed by atoms with Crippen molar-refractivity contribution in [2.24, 2.45) is 5.73 Å². The Morgan fingerprint density at radius 2 is 1.91 bits per heavy atom. The molecule has 1 fully saturated rings. The third kappa shape index (κ3) is 8.51. The standard InChI is InChI=1S/C16H26N2O15P2/c17-15(24)8-2-1-3-18(4-8)16-14(23)13(22)11(32-16)6-30-10(12(21)9(20)5-19)7-31-35(28,29)33-34(25,26)27/h1-2,4-5,9-14,16,20-23H,3,6-7H2,(H2,17,24)(H,28,29)(H2,25,26,27). The predicted octanol–water partition coefficient (Wildman–Crippen LogP) is -3.79. The van der Waals surface area contributed by atoms with Crippen LogP contribution < -0.4 is 5.73 Å². The van der Waals surface area contributed by atoms with Crippen LogP contribution in [0, 0.1) is 0 Å². The second-order valence-electron chi connectivity index (χ2n) is 7.42. The predicted molar refractivity (Wildman–Crippen MR) is 111 cm³/mol. The third-order valence-corrected chi connectivity index (χ3v) is 6.98. The number of carbonyl (C=O) groups is 2. The first-order valence-electron chi connectivity index (χ1n) is 9.78. The molecule has 0 saturated carbocycles. The fraction of sp³-hybridized carbons (Fsp3) is 0.625. The van der Waals surface area contributed by atoms with Crippen LogP contribution in [-0.4, -0.2) is 115 Å². The molecular weight excluding hydrogens is 522 g/mol. The van der Waals surface area contributed by atoms with Crippen molar-refractivity contribution in [2.75, 3.05) is 19.8 Å². The number of hydrogen-bond acceptors (Lipinski definition) is 13. The minimum atomic E-state index is -5.45. The van der Waals surface area contributed by atoms with Crippen molar-refractivity contribution in [2.45, 2.75) is 42.9 Å². The molecule has 0 aliphatic carbocycles. The number of primary amides is 1. The maximum atomic E-state index is 11.6. The summed E-state index contributed by atoms with van der Waals surface area (Å²) in [6.45, 7) is -1.56. The Labute approximate surface area is 197 Å². The van der Waals surface area contributed by atoms with Gasteiger partial charge in [0.2, 0.25) is 5.91 Å². The van der Waals surface area contributed by atoms with Gasteiger partial charge in [0.15, 0.2) is 12.5 Å². The number of phosphoric ester groups is 1. The average Bonchev–Trinajstić information content (AvgIpc) is 3.05. The van der Waals surface area contributed by atoms with Crippen LogP contribution in [0.15, 0.2) is 23.9 Å². The largest absolute Gasteiger partial charge is 0.481 e. The third-order valence-electron chi connectivity index (χ3n) is 4.82. The van der Waals surface area contributed by atoms with Gasteiger partial charge in [0.1, 0.15) is 36.6 Å². The van der Waals surface area contributed by atoms with Crippen LogP contribution in [0.5, 0.6) is 0 Å². The van der Waals surface area contributed by atoms with Gasteiger partial charge >= 0.3 is 15.6 Å². The lowest BCUT2D eigenvalue weighted by molar-refractivity contribution is -0.146. The average molecular weight is 548 g/mol. The molecule has 0 radical (unpaired) electrons. The van der Waals surface area contributed by atoms with E-state index in [0.29, 0.717) is 0 Å². The summed E-state index contributed by atoms with van der Waals surface area (Å²) >= 11 is 0. The second-order valence-corrected chi connectivity index (χ2v) is 10.2. The number of hydrogen-bond donors (Lipinski definition) is 8. The van der Waals surface area contributed by atoms with Gasteiger partial charge in [0.05, 0.1) is 18.8 Å². The quantitative estimate of drug-likeness (QED) is 0.0809. The molecule has 0 spiro atoms. The number of nitrogens with zero attached hydrogens (tertiary/aromatic N) is 1. The van der Waals surface area contributed by atoms with Gasteiger partial charge in [0.25, 0.3) is 0 Å². The zero-order valence-electron chi connectivity index (χ0n) is 17.8. The maximum Gasteiger partial charge on any atom is 0.481 e. The molecule has 0 aromatic carbocycles. The van der Waals surface area contributed by atoms with Gasteiger partial charge in [-0.05, 0) is 0 Å². The molecule has 2 aliphatic rings. The van der Waals surface area contributed by atoms with Crippen LogP contribution in [0.2, 0.25) is 0 Å². The summed E-state index contributed by atoms with van der Waals surface area (Å²) in [6, 6.07) is 0. The van der Waals surface area contributed by atoms with Crippen molar-refractivity contribution in [1.82, 2.24) is 4.90 Å². The van der Waals surface area contributed by atoms with Gasteiger partial charge in [-0.3, -0.25) is 9.32 Å². The number of phosphoric acid groups is 2. The highest BCUT2D eigenvalue weighted by Crippen LogP contribution is 2.57. The lowest BCUT2D eigenvalue weighted by atomic mass is 10.1. The number of ether oxygens (including phenoxy) is 2. The maximum absolute atomic E-state index is 11.6. The van der Waals surface area contributed by atoms with E-state index in [9.17, 15) is 44.0 Å². The molecule has 19 heteroatoms. The topological polar surface area (TPSA) is 276 Å². The van der Waals surface area contributed by atoms with Gasteiger partial charge < -0.3 is 60.0 Å². The lowest BCUT2D eigenvalue weighted by Crippen LogP contribution is -2.44. The molecule has 0 bridgehead atoms. The van der Waals surface area contributed by atoms with Crippen LogP contribution in [0.1, 0.15) is 0 Å². The summed E-state index contributed by atoms with van der Waals surface area (Å²) in [5.41, 5.74) is 5.33. The van der Waals surface area contributed by atoms with E-state index in [0.717, 1.165) is 0 Å². The van der Waals surface area contributed by atoms with E-state index >= 15 is 0 Å². The zero-order valence-corrected chi connectivity index (χ0v) is 19.6. The van der Waals surface area contributed by atoms with E-state index in [1.165, 1.54) is 17.2 Å². The SMILES string of the molecule is NC(=O)C1=CN(C2OC(COC(COP(=O)(O)OP(=O)(O)O)C(O)C(O)C=O)C(O)C2O)CC=C1. The molecule has 200 valence electrons. The lowest BCUT2D eigenvalue weighted by Gasteiger charge is -2.30. The van der Waals surface area contributed by atoms with Gasteiger partial charge in [-0.25, -0.2) is 9.13 Å². The highest BCUT2D eigenvalue weighted by Gasteiger charge is 2.46. The van der Waals surface area contributed by atoms with Crippen molar-refractivity contribution < 1.29 is 72.1 Å². The number of amides is 1. The van der Waals surface area contributed by atoms with E-state index in [-0.39, 0.29) is 18.4 Å².